The predicted molar refractivity (Wildman–Crippen MR) is 111 cm³/mol. The molecule has 3 aromatic heterocycles. The largest absolute Gasteiger partial charge is 0.340 e. The highest BCUT2D eigenvalue weighted by Crippen LogP contribution is 2.18. The molecule has 0 aliphatic carbocycles. The fraction of sp³-hybridized carbons (Fsp3) is 0.100. The van der Waals surface area contributed by atoms with E-state index in [-0.39, 0.29) is 18.0 Å². The van der Waals surface area contributed by atoms with Gasteiger partial charge in [0.1, 0.15) is 30.8 Å². The summed E-state index contributed by atoms with van der Waals surface area (Å²) in [4.78, 5) is 40.5. The first-order chi connectivity index (χ1) is 14.6. The first-order valence-electron chi connectivity index (χ1n) is 9.07. The molecule has 2 N–H and O–H groups in total. The molecule has 0 fully saturated rings. The SMILES string of the molecule is Cc1cc(=O)n(CC(=O)Nc2ccc(Nc3cc(-n4ccnc4)ncn3)cc2)cn1. The molecule has 10 nitrogen and oxygen atoms in total. The Kier molecular flexibility index (Phi) is 5.29. The first-order valence-corrected chi connectivity index (χ1v) is 9.07. The van der Waals surface area contributed by atoms with Crippen molar-refractivity contribution in [3.8, 4) is 5.82 Å². The normalized spacial score (nSPS) is 10.6. The first kappa shape index (κ1) is 19.0. The van der Waals surface area contributed by atoms with E-state index in [4.69, 9.17) is 0 Å². The van der Waals surface area contributed by atoms with Crippen molar-refractivity contribution >= 4 is 23.1 Å². The molecule has 4 aromatic rings. The zero-order chi connectivity index (χ0) is 20.9. The van der Waals surface area contributed by atoms with Gasteiger partial charge in [-0.25, -0.2) is 19.9 Å². The fourth-order valence-electron chi connectivity index (χ4n) is 2.73. The molecule has 0 atom stereocenters. The molecule has 0 bridgehead atoms. The maximum Gasteiger partial charge on any atom is 0.253 e. The maximum atomic E-state index is 12.2. The van der Waals surface area contributed by atoms with E-state index in [1.807, 2.05) is 12.1 Å². The summed E-state index contributed by atoms with van der Waals surface area (Å²) in [7, 11) is 0. The average molecular weight is 402 g/mol. The number of carbonyl (C=O) groups is 1. The van der Waals surface area contributed by atoms with Crippen molar-refractivity contribution in [3.05, 3.63) is 83.8 Å². The number of nitrogens with one attached hydrogen (secondary N) is 2. The summed E-state index contributed by atoms with van der Waals surface area (Å²) in [5.74, 6) is 0.996. The lowest BCUT2D eigenvalue weighted by atomic mass is 10.2. The van der Waals surface area contributed by atoms with Crippen LogP contribution in [0.1, 0.15) is 5.69 Å². The number of aromatic nitrogens is 6. The lowest BCUT2D eigenvalue weighted by Crippen LogP contribution is -2.27. The third kappa shape index (κ3) is 4.55. The monoisotopic (exact) mass is 402 g/mol. The number of hydrogen-bond donors (Lipinski definition) is 2. The van der Waals surface area contributed by atoms with Crippen molar-refractivity contribution in [2.24, 2.45) is 0 Å². The smallest absolute Gasteiger partial charge is 0.253 e. The molecule has 0 spiro atoms. The molecule has 150 valence electrons. The highest BCUT2D eigenvalue weighted by atomic mass is 16.2. The summed E-state index contributed by atoms with van der Waals surface area (Å²) in [5, 5.41) is 5.95. The van der Waals surface area contributed by atoms with E-state index in [1.165, 1.54) is 23.3 Å². The minimum atomic E-state index is -0.316. The quantitative estimate of drug-likeness (QED) is 0.505. The number of imidazole rings is 1. The molecule has 0 radical (unpaired) electrons. The molecule has 10 heteroatoms. The van der Waals surface area contributed by atoms with E-state index in [1.54, 1.807) is 48.4 Å². The van der Waals surface area contributed by atoms with E-state index in [0.29, 0.717) is 23.0 Å². The summed E-state index contributed by atoms with van der Waals surface area (Å²) in [5.41, 5.74) is 1.75. The Hall–Kier alpha value is -4.34. The van der Waals surface area contributed by atoms with Gasteiger partial charge < -0.3 is 10.6 Å². The van der Waals surface area contributed by atoms with Gasteiger partial charge in [0.15, 0.2) is 0 Å². The van der Waals surface area contributed by atoms with Crippen LogP contribution < -0.4 is 16.2 Å². The number of rotatable bonds is 6. The Morgan fingerprint density at radius 1 is 1.03 bits per heavy atom. The van der Waals surface area contributed by atoms with E-state index in [0.717, 1.165) is 5.69 Å². The van der Waals surface area contributed by atoms with Crippen molar-refractivity contribution < 1.29 is 4.79 Å². The van der Waals surface area contributed by atoms with Gasteiger partial charge in [-0.2, -0.15) is 0 Å². The molecule has 1 amide bonds. The molecule has 1 aromatic carbocycles. The summed E-state index contributed by atoms with van der Waals surface area (Å²) in [6, 6.07) is 10.3. The Labute approximate surface area is 171 Å². The molecule has 0 saturated carbocycles. The van der Waals surface area contributed by atoms with E-state index in [2.05, 4.69) is 30.6 Å². The van der Waals surface area contributed by atoms with Crippen molar-refractivity contribution in [2.75, 3.05) is 10.6 Å². The van der Waals surface area contributed by atoms with Gasteiger partial charge in [0.25, 0.3) is 5.56 Å². The van der Waals surface area contributed by atoms with Crippen molar-refractivity contribution in [3.63, 3.8) is 0 Å². The lowest BCUT2D eigenvalue weighted by Gasteiger charge is -2.10. The highest BCUT2D eigenvalue weighted by molar-refractivity contribution is 5.90. The third-order valence-corrected chi connectivity index (χ3v) is 4.19. The number of hydrogen-bond acceptors (Lipinski definition) is 7. The molecule has 0 aliphatic heterocycles. The second-order valence-corrected chi connectivity index (χ2v) is 6.48. The van der Waals surface area contributed by atoms with Crippen LogP contribution in [0.4, 0.5) is 17.2 Å². The molecule has 0 aliphatic rings. The molecular weight excluding hydrogens is 384 g/mol. The number of amides is 1. The standard InChI is InChI=1S/C20H18N8O2/c1-14-8-20(30)28(13-24-14)10-19(29)26-16-4-2-15(3-5-16)25-17-9-18(23-11-22-17)27-7-6-21-12-27/h2-9,11-13H,10H2,1H3,(H,26,29)(H,22,23,25). The van der Waals surface area contributed by atoms with Gasteiger partial charge in [-0.15, -0.1) is 0 Å². The topological polar surface area (TPSA) is 120 Å². The summed E-state index contributed by atoms with van der Waals surface area (Å²) in [6.07, 6.45) is 7.96. The van der Waals surface area contributed by atoms with Crippen LogP contribution in [0.25, 0.3) is 5.82 Å². The van der Waals surface area contributed by atoms with Gasteiger partial charge in [0.05, 0.1) is 6.33 Å². The Morgan fingerprint density at radius 2 is 1.83 bits per heavy atom. The van der Waals surface area contributed by atoms with Gasteiger partial charge in [-0.1, -0.05) is 0 Å². The molecule has 30 heavy (non-hydrogen) atoms. The minimum absolute atomic E-state index is 0.107. The molecular formula is C20H18N8O2. The number of benzene rings is 1. The molecule has 4 rings (SSSR count). The number of aryl methyl sites for hydroxylation is 1. The predicted octanol–water partition coefficient (Wildman–Crippen LogP) is 1.91. The minimum Gasteiger partial charge on any atom is -0.340 e. The van der Waals surface area contributed by atoms with Gasteiger partial charge in [-0.3, -0.25) is 18.7 Å². The van der Waals surface area contributed by atoms with Crippen LogP contribution in [0.2, 0.25) is 0 Å². The second-order valence-electron chi connectivity index (χ2n) is 6.48. The van der Waals surface area contributed by atoms with Gasteiger partial charge >= 0.3 is 0 Å². The number of carbonyl (C=O) groups excluding carboxylic acids is 1. The van der Waals surface area contributed by atoms with Crippen LogP contribution in [0.5, 0.6) is 0 Å². The highest BCUT2D eigenvalue weighted by Gasteiger charge is 2.06. The van der Waals surface area contributed by atoms with Crippen LogP contribution in [0, 0.1) is 6.92 Å². The Morgan fingerprint density at radius 3 is 2.57 bits per heavy atom. The van der Waals surface area contributed by atoms with E-state index >= 15 is 0 Å². The van der Waals surface area contributed by atoms with E-state index < -0.39 is 0 Å². The van der Waals surface area contributed by atoms with Crippen molar-refractivity contribution in [2.45, 2.75) is 13.5 Å². The van der Waals surface area contributed by atoms with Gasteiger partial charge in [-0.05, 0) is 31.2 Å². The molecule has 3 heterocycles. The summed E-state index contributed by atoms with van der Waals surface area (Å²) in [6.45, 7) is 1.62. The van der Waals surface area contributed by atoms with Crippen LogP contribution in [0.15, 0.2) is 72.6 Å². The zero-order valence-electron chi connectivity index (χ0n) is 16.1. The van der Waals surface area contributed by atoms with Crippen LogP contribution in [-0.4, -0.2) is 35.0 Å². The lowest BCUT2D eigenvalue weighted by molar-refractivity contribution is -0.116. The maximum absolute atomic E-state index is 12.2. The van der Waals surface area contributed by atoms with E-state index in [9.17, 15) is 9.59 Å². The van der Waals surface area contributed by atoms with Gasteiger partial charge in [0.2, 0.25) is 5.91 Å². The summed E-state index contributed by atoms with van der Waals surface area (Å²) >= 11 is 0. The average Bonchev–Trinajstić information content (AvgIpc) is 3.27. The Bertz CT molecular complexity index is 1220. The van der Waals surface area contributed by atoms with Gasteiger partial charge in [0, 0.05) is 41.6 Å². The van der Waals surface area contributed by atoms with Crippen LogP contribution >= 0.6 is 0 Å². The number of anilines is 3. The summed E-state index contributed by atoms with van der Waals surface area (Å²) < 4.78 is 3.03. The van der Waals surface area contributed by atoms with Crippen molar-refractivity contribution in [1.82, 2.24) is 29.1 Å². The number of nitrogens with zero attached hydrogens (tertiary/aromatic N) is 6. The molecule has 0 saturated heterocycles. The molecule has 0 unspecified atom stereocenters. The van der Waals surface area contributed by atoms with Crippen molar-refractivity contribution in [1.29, 1.82) is 0 Å². The Balaban J connectivity index is 1.39. The zero-order valence-corrected chi connectivity index (χ0v) is 16.1. The van der Waals surface area contributed by atoms with Crippen LogP contribution in [-0.2, 0) is 11.3 Å². The second kappa shape index (κ2) is 8.35. The third-order valence-electron chi connectivity index (χ3n) is 4.19. The van der Waals surface area contributed by atoms with Crippen LogP contribution in [0.3, 0.4) is 0 Å². The fourth-order valence-corrected chi connectivity index (χ4v) is 2.73.